The van der Waals surface area contributed by atoms with E-state index < -0.39 is 5.97 Å². The van der Waals surface area contributed by atoms with Gasteiger partial charge in [0.15, 0.2) is 6.61 Å². The van der Waals surface area contributed by atoms with Crippen molar-refractivity contribution in [3.63, 3.8) is 0 Å². The van der Waals surface area contributed by atoms with E-state index in [1.807, 2.05) is 24.3 Å². The molecule has 0 spiro atoms. The summed E-state index contributed by atoms with van der Waals surface area (Å²) >= 11 is 19.7. The minimum absolute atomic E-state index is 0.202. The second-order valence-electron chi connectivity index (χ2n) is 6.36. The maximum absolute atomic E-state index is 12.6. The maximum atomic E-state index is 12.6. The van der Waals surface area contributed by atoms with E-state index in [4.69, 9.17) is 39.5 Å². The topological polar surface area (TPSA) is 46.6 Å². The number of rotatable bonds is 3. The number of amides is 1. The third-order valence-corrected chi connectivity index (χ3v) is 6.70. The average Bonchev–Trinajstić information content (AvgIpc) is 3.02. The Morgan fingerprint density at radius 2 is 1.93 bits per heavy atom. The first kappa shape index (κ1) is 19.5. The molecule has 1 amide bonds. The standard InChI is InChI=1S/C20H14Cl3NO3S/c21-12-8-13(22)17-15(9-12)28-19(18(17)23)20(26)27-10-16(25)24-7-3-5-11-4-1-2-6-14(11)24/h1-2,4,6,8-9H,3,5,7,10H2. The Balaban J connectivity index is 1.51. The van der Waals surface area contributed by atoms with Crippen LogP contribution >= 0.6 is 46.1 Å². The van der Waals surface area contributed by atoms with Crippen LogP contribution in [-0.2, 0) is 16.0 Å². The quantitative estimate of drug-likeness (QED) is 0.456. The summed E-state index contributed by atoms with van der Waals surface area (Å²) < 4.78 is 5.94. The fourth-order valence-electron chi connectivity index (χ4n) is 3.31. The smallest absolute Gasteiger partial charge is 0.350 e. The molecule has 0 bridgehead atoms. The predicted octanol–water partition coefficient (Wildman–Crippen LogP) is 6.00. The zero-order valence-electron chi connectivity index (χ0n) is 14.5. The molecule has 0 fully saturated rings. The van der Waals surface area contributed by atoms with Gasteiger partial charge in [0.05, 0.1) is 10.0 Å². The number of carbonyl (C=O) groups is 2. The second kappa shape index (κ2) is 7.91. The van der Waals surface area contributed by atoms with Crippen molar-refractivity contribution in [3.05, 3.63) is 61.9 Å². The molecule has 2 heterocycles. The summed E-state index contributed by atoms with van der Waals surface area (Å²) in [7, 11) is 0. The highest BCUT2D eigenvalue weighted by Crippen LogP contribution is 2.41. The van der Waals surface area contributed by atoms with E-state index in [1.165, 1.54) is 0 Å². The van der Waals surface area contributed by atoms with Gasteiger partial charge < -0.3 is 9.64 Å². The van der Waals surface area contributed by atoms with Crippen LogP contribution in [0.3, 0.4) is 0 Å². The first-order chi connectivity index (χ1) is 13.5. The molecule has 0 radical (unpaired) electrons. The van der Waals surface area contributed by atoms with Crippen molar-refractivity contribution in [1.29, 1.82) is 0 Å². The van der Waals surface area contributed by atoms with Crippen LogP contribution < -0.4 is 4.90 Å². The van der Waals surface area contributed by atoms with Gasteiger partial charge >= 0.3 is 5.97 Å². The average molecular weight is 455 g/mol. The van der Waals surface area contributed by atoms with Crippen LogP contribution in [0.1, 0.15) is 21.7 Å². The number of hydrogen-bond acceptors (Lipinski definition) is 4. The minimum atomic E-state index is -0.656. The molecule has 144 valence electrons. The fourth-order valence-corrected chi connectivity index (χ4v) is 5.57. The lowest BCUT2D eigenvalue weighted by Crippen LogP contribution is -2.38. The lowest BCUT2D eigenvalue weighted by atomic mass is 10.0. The summed E-state index contributed by atoms with van der Waals surface area (Å²) in [5.41, 5.74) is 1.99. The van der Waals surface area contributed by atoms with E-state index in [2.05, 4.69) is 0 Å². The molecular formula is C20H14Cl3NO3S. The molecule has 2 aromatic carbocycles. The minimum Gasteiger partial charge on any atom is -0.451 e. The lowest BCUT2D eigenvalue weighted by molar-refractivity contribution is -0.121. The number of hydrogen-bond donors (Lipinski definition) is 0. The molecule has 0 saturated carbocycles. The van der Waals surface area contributed by atoms with Gasteiger partial charge in [-0.15, -0.1) is 11.3 Å². The van der Waals surface area contributed by atoms with E-state index in [9.17, 15) is 9.59 Å². The van der Waals surface area contributed by atoms with E-state index in [-0.39, 0.29) is 22.4 Å². The van der Waals surface area contributed by atoms with Crippen molar-refractivity contribution in [2.75, 3.05) is 18.1 Å². The highest BCUT2D eigenvalue weighted by Gasteiger charge is 2.25. The molecule has 28 heavy (non-hydrogen) atoms. The third-order valence-electron chi connectivity index (χ3n) is 4.57. The van der Waals surface area contributed by atoms with Crippen molar-refractivity contribution in [1.82, 2.24) is 0 Å². The molecule has 1 aliphatic heterocycles. The lowest BCUT2D eigenvalue weighted by Gasteiger charge is -2.29. The number of nitrogens with zero attached hydrogens (tertiary/aromatic N) is 1. The summed E-state index contributed by atoms with van der Waals surface area (Å²) in [6.45, 7) is 0.247. The van der Waals surface area contributed by atoms with Crippen molar-refractivity contribution in [2.24, 2.45) is 0 Å². The van der Waals surface area contributed by atoms with Crippen molar-refractivity contribution in [3.8, 4) is 0 Å². The Hall–Kier alpha value is -1.79. The molecular weight excluding hydrogens is 441 g/mol. The Morgan fingerprint density at radius 3 is 2.75 bits per heavy atom. The van der Waals surface area contributed by atoms with E-state index in [0.29, 0.717) is 26.7 Å². The molecule has 0 unspecified atom stereocenters. The molecule has 3 aromatic rings. The van der Waals surface area contributed by atoms with Crippen LogP contribution in [-0.4, -0.2) is 25.0 Å². The van der Waals surface area contributed by atoms with Gasteiger partial charge in [0.2, 0.25) is 0 Å². The number of thiophene rings is 1. The number of ether oxygens (including phenoxy) is 1. The molecule has 1 aliphatic rings. The number of aryl methyl sites for hydroxylation is 1. The Bertz CT molecular complexity index is 1100. The van der Waals surface area contributed by atoms with Gasteiger partial charge in [-0.25, -0.2) is 4.79 Å². The number of halogens is 3. The summed E-state index contributed by atoms with van der Waals surface area (Å²) in [6.07, 6.45) is 1.80. The van der Waals surface area contributed by atoms with Crippen LogP contribution in [0.25, 0.3) is 10.1 Å². The number of carbonyl (C=O) groups excluding carboxylic acids is 2. The maximum Gasteiger partial charge on any atom is 0.350 e. The molecule has 0 aliphatic carbocycles. The van der Waals surface area contributed by atoms with Gasteiger partial charge in [0.1, 0.15) is 4.88 Å². The summed E-state index contributed by atoms with van der Waals surface area (Å²) in [4.78, 5) is 27.0. The van der Waals surface area contributed by atoms with Crippen molar-refractivity contribution >= 4 is 73.8 Å². The summed E-state index contributed by atoms with van der Waals surface area (Å²) in [6, 6.07) is 11.0. The first-order valence-corrected chi connectivity index (χ1v) is 10.5. The van der Waals surface area contributed by atoms with Crippen LogP contribution in [0.4, 0.5) is 5.69 Å². The zero-order valence-corrected chi connectivity index (χ0v) is 17.6. The van der Waals surface area contributed by atoms with Crippen LogP contribution in [0.5, 0.6) is 0 Å². The normalized spacial score (nSPS) is 13.5. The highest BCUT2D eigenvalue weighted by atomic mass is 35.5. The van der Waals surface area contributed by atoms with Crippen LogP contribution in [0.15, 0.2) is 36.4 Å². The molecule has 4 nitrogen and oxygen atoms in total. The van der Waals surface area contributed by atoms with Crippen molar-refractivity contribution < 1.29 is 14.3 Å². The van der Waals surface area contributed by atoms with E-state index in [1.54, 1.807) is 17.0 Å². The Kier molecular flexibility index (Phi) is 5.52. The fraction of sp³-hybridized carbons (Fsp3) is 0.200. The van der Waals surface area contributed by atoms with Gasteiger partial charge in [0.25, 0.3) is 5.91 Å². The second-order valence-corrected chi connectivity index (χ2v) is 8.63. The predicted molar refractivity (Wildman–Crippen MR) is 114 cm³/mol. The number of anilines is 1. The third kappa shape index (κ3) is 3.60. The molecule has 8 heteroatoms. The van der Waals surface area contributed by atoms with E-state index >= 15 is 0 Å². The molecule has 0 saturated heterocycles. The largest absolute Gasteiger partial charge is 0.451 e. The molecule has 0 N–H and O–H groups in total. The SMILES string of the molecule is O=C(OCC(=O)N1CCCc2ccccc21)c1sc2cc(Cl)cc(Cl)c2c1Cl. The van der Waals surface area contributed by atoms with Gasteiger partial charge in [-0.2, -0.15) is 0 Å². The number of esters is 1. The monoisotopic (exact) mass is 453 g/mol. The van der Waals surface area contributed by atoms with Crippen molar-refractivity contribution in [2.45, 2.75) is 12.8 Å². The highest BCUT2D eigenvalue weighted by molar-refractivity contribution is 7.21. The molecule has 0 atom stereocenters. The molecule has 1 aromatic heterocycles. The first-order valence-electron chi connectivity index (χ1n) is 8.58. The zero-order chi connectivity index (χ0) is 19.8. The van der Waals surface area contributed by atoms with E-state index in [0.717, 1.165) is 35.4 Å². The van der Waals surface area contributed by atoms with Gasteiger partial charge in [-0.1, -0.05) is 53.0 Å². The van der Waals surface area contributed by atoms with Gasteiger partial charge in [-0.3, -0.25) is 4.79 Å². The number of benzene rings is 2. The summed E-state index contributed by atoms with van der Waals surface area (Å²) in [5.74, 6) is -0.921. The van der Waals surface area contributed by atoms with Crippen LogP contribution in [0, 0.1) is 0 Å². The number of fused-ring (bicyclic) bond motifs is 2. The Morgan fingerprint density at radius 1 is 1.14 bits per heavy atom. The molecule has 4 rings (SSSR count). The Labute approximate surface area is 180 Å². The van der Waals surface area contributed by atoms with Gasteiger partial charge in [0, 0.05) is 27.3 Å². The number of para-hydroxylation sites is 1. The van der Waals surface area contributed by atoms with Crippen LogP contribution in [0.2, 0.25) is 15.1 Å². The summed E-state index contributed by atoms with van der Waals surface area (Å²) in [5, 5.41) is 1.58. The van der Waals surface area contributed by atoms with Gasteiger partial charge in [-0.05, 0) is 36.6 Å².